The molecule has 0 aliphatic carbocycles. The van der Waals surface area contributed by atoms with E-state index >= 15 is 0 Å². The van der Waals surface area contributed by atoms with Gasteiger partial charge in [0.15, 0.2) is 0 Å². The number of nitrogens with two attached hydrogens (primary N) is 3. The minimum absolute atomic E-state index is 0.0793. The van der Waals surface area contributed by atoms with E-state index < -0.39 is 0 Å². The van der Waals surface area contributed by atoms with Crippen molar-refractivity contribution < 1.29 is 0 Å². The van der Waals surface area contributed by atoms with Gasteiger partial charge in [-0.15, -0.1) is 5.10 Å². The van der Waals surface area contributed by atoms with Crippen LogP contribution in [-0.2, 0) is 0 Å². The molecule has 0 saturated carbocycles. The summed E-state index contributed by atoms with van der Waals surface area (Å²) in [6, 6.07) is 1.68. The molecule has 11 heavy (non-hydrogen) atoms. The van der Waals surface area contributed by atoms with Crippen molar-refractivity contribution in [3.63, 3.8) is 0 Å². The molecule has 60 valence electrons. The predicted octanol–water partition coefficient (Wildman–Crippen LogP) is -1.19. The molecule has 0 aliphatic heterocycles. The van der Waals surface area contributed by atoms with Crippen LogP contribution in [0.2, 0.25) is 0 Å². The maximum Gasteiger partial charge on any atom is 0.240 e. The number of hydrogen-bond acceptors (Lipinski definition) is 4. The summed E-state index contributed by atoms with van der Waals surface area (Å²) in [7, 11) is 0. The van der Waals surface area contributed by atoms with Crippen molar-refractivity contribution in [2.75, 3.05) is 5.73 Å². The number of aromatic nitrogens is 2. The molecular weight excluding hydrogens is 144 g/mol. The summed E-state index contributed by atoms with van der Waals surface area (Å²) < 4.78 is 1.27. The van der Waals surface area contributed by atoms with Crippen molar-refractivity contribution in [1.29, 1.82) is 0 Å². The highest BCUT2D eigenvalue weighted by atomic mass is 15.4. The molecule has 6 heteroatoms. The van der Waals surface area contributed by atoms with Crippen LogP contribution in [-0.4, -0.2) is 15.7 Å². The lowest BCUT2D eigenvalue weighted by atomic mass is 10.5. The molecule has 0 aliphatic rings. The molecule has 0 aromatic carbocycles. The van der Waals surface area contributed by atoms with Crippen LogP contribution >= 0.6 is 0 Å². The quantitative estimate of drug-likeness (QED) is 0.189. The molecule has 0 bridgehead atoms. The summed E-state index contributed by atoms with van der Waals surface area (Å²) in [5.74, 6) is 5.43. The minimum atomic E-state index is 0.0793. The molecule has 0 radical (unpaired) electrons. The molecule has 0 atom stereocenters. The van der Waals surface area contributed by atoms with Gasteiger partial charge in [-0.25, -0.2) is 0 Å². The first-order valence-electron chi connectivity index (χ1n) is 3.01. The Bertz CT molecular complexity index is 285. The van der Waals surface area contributed by atoms with Crippen LogP contribution in [0, 0.1) is 6.92 Å². The van der Waals surface area contributed by atoms with E-state index in [1.54, 1.807) is 13.0 Å². The summed E-state index contributed by atoms with van der Waals surface area (Å²) >= 11 is 0. The first kappa shape index (κ1) is 7.39. The smallest absolute Gasteiger partial charge is 0.240 e. The molecule has 0 unspecified atom stereocenters. The third-order valence-corrected chi connectivity index (χ3v) is 1.21. The topological polar surface area (TPSA) is 108 Å². The Kier molecular flexibility index (Phi) is 1.67. The maximum absolute atomic E-state index is 5.50. The second-order valence-electron chi connectivity index (χ2n) is 2.11. The van der Waals surface area contributed by atoms with Crippen molar-refractivity contribution in [1.82, 2.24) is 9.78 Å². The number of nitrogens with zero attached hydrogens (tertiary/aromatic N) is 3. The number of aryl methyl sites for hydroxylation is 1. The molecule has 0 spiro atoms. The summed E-state index contributed by atoms with van der Waals surface area (Å²) in [6.45, 7) is 1.80. The standard InChI is InChI=1S/C5H10N6/c1-3-2-4(6)11(10-3)5(7)9-8/h2H,6,8H2,1H3,(H2,7,9). The molecule has 6 N–H and O–H groups in total. The van der Waals surface area contributed by atoms with Gasteiger partial charge in [0.1, 0.15) is 5.82 Å². The fourth-order valence-electron chi connectivity index (χ4n) is 0.758. The van der Waals surface area contributed by atoms with E-state index in [1.165, 1.54) is 4.68 Å². The Morgan fingerprint density at radius 1 is 1.73 bits per heavy atom. The average Bonchev–Trinajstić information content (AvgIpc) is 2.28. The summed E-state index contributed by atoms with van der Waals surface area (Å²) in [5, 5.41) is 7.18. The highest BCUT2D eigenvalue weighted by molar-refractivity contribution is 5.82. The van der Waals surface area contributed by atoms with E-state index in [0.717, 1.165) is 5.69 Å². The highest BCUT2D eigenvalue weighted by Gasteiger charge is 2.03. The summed E-state index contributed by atoms with van der Waals surface area (Å²) in [5.41, 5.74) is 11.6. The van der Waals surface area contributed by atoms with Crippen molar-refractivity contribution in [2.45, 2.75) is 6.92 Å². The maximum atomic E-state index is 5.50. The van der Waals surface area contributed by atoms with Gasteiger partial charge in [-0.3, -0.25) is 0 Å². The van der Waals surface area contributed by atoms with Crippen molar-refractivity contribution in [3.8, 4) is 0 Å². The Morgan fingerprint density at radius 2 is 2.36 bits per heavy atom. The lowest BCUT2D eigenvalue weighted by Gasteiger charge is -1.98. The zero-order chi connectivity index (χ0) is 8.43. The van der Waals surface area contributed by atoms with Crippen LogP contribution in [0.15, 0.2) is 11.2 Å². The molecule has 1 rings (SSSR count). The van der Waals surface area contributed by atoms with Gasteiger partial charge in [0.25, 0.3) is 0 Å². The van der Waals surface area contributed by atoms with Gasteiger partial charge in [0.2, 0.25) is 5.96 Å². The first-order chi connectivity index (χ1) is 5.15. The highest BCUT2D eigenvalue weighted by Crippen LogP contribution is 2.02. The van der Waals surface area contributed by atoms with Crippen molar-refractivity contribution in [3.05, 3.63) is 11.8 Å². The minimum Gasteiger partial charge on any atom is -0.383 e. The summed E-state index contributed by atoms with van der Waals surface area (Å²) in [4.78, 5) is 0. The number of nitrogen functional groups attached to an aromatic ring is 1. The second-order valence-corrected chi connectivity index (χ2v) is 2.11. The number of hydrogen-bond donors (Lipinski definition) is 3. The molecule has 0 saturated heterocycles. The average molecular weight is 154 g/mol. The van der Waals surface area contributed by atoms with Gasteiger partial charge in [0.05, 0.1) is 5.69 Å². The molecule has 6 nitrogen and oxygen atoms in total. The van der Waals surface area contributed by atoms with E-state index in [4.69, 9.17) is 17.3 Å². The molecule has 1 aromatic rings. The molecule has 1 aromatic heterocycles. The molecule has 0 fully saturated rings. The lowest BCUT2D eigenvalue weighted by molar-refractivity contribution is 0.898. The van der Waals surface area contributed by atoms with Crippen molar-refractivity contribution in [2.24, 2.45) is 16.7 Å². The van der Waals surface area contributed by atoms with Gasteiger partial charge in [0, 0.05) is 6.07 Å². The lowest BCUT2D eigenvalue weighted by Crippen LogP contribution is -2.26. The second kappa shape index (κ2) is 2.49. The van der Waals surface area contributed by atoms with Crippen molar-refractivity contribution >= 4 is 11.8 Å². The van der Waals surface area contributed by atoms with Gasteiger partial charge < -0.3 is 17.3 Å². The van der Waals surface area contributed by atoms with Crippen LogP contribution in [0.4, 0.5) is 5.82 Å². The Morgan fingerprint density at radius 3 is 2.73 bits per heavy atom. The van der Waals surface area contributed by atoms with Crippen LogP contribution in [0.1, 0.15) is 5.69 Å². The molecule has 0 amide bonds. The van der Waals surface area contributed by atoms with Gasteiger partial charge >= 0.3 is 0 Å². The van der Waals surface area contributed by atoms with E-state index in [9.17, 15) is 0 Å². The Labute approximate surface area is 63.7 Å². The predicted molar refractivity (Wildman–Crippen MR) is 42.6 cm³/mol. The fourth-order valence-corrected chi connectivity index (χ4v) is 0.758. The number of hydrazone groups is 1. The largest absolute Gasteiger partial charge is 0.383 e. The van der Waals surface area contributed by atoms with E-state index in [1.807, 2.05) is 0 Å². The zero-order valence-corrected chi connectivity index (χ0v) is 6.15. The zero-order valence-electron chi connectivity index (χ0n) is 6.15. The van der Waals surface area contributed by atoms with Gasteiger partial charge in [-0.1, -0.05) is 0 Å². The van der Waals surface area contributed by atoms with Gasteiger partial charge in [-0.05, 0) is 6.92 Å². The normalized spacial score (nSPS) is 11.9. The SMILES string of the molecule is Cc1cc(N)n(/C(N)=N/N)n1. The number of rotatable bonds is 0. The summed E-state index contributed by atoms with van der Waals surface area (Å²) in [6.07, 6.45) is 0. The van der Waals surface area contributed by atoms with E-state index in [2.05, 4.69) is 10.2 Å². The molecular formula is C5H10N6. The van der Waals surface area contributed by atoms with Crippen LogP contribution in [0.25, 0.3) is 0 Å². The van der Waals surface area contributed by atoms with Crippen LogP contribution in [0.3, 0.4) is 0 Å². The Balaban J connectivity index is 3.13. The third-order valence-electron chi connectivity index (χ3n) is 1.21. The van der Waals surface area contributed by atoms with E-state index in [0.29, 0.717) is 5.82 Å². The molecule has 1 heterocycles. The fraction of sp³-hybridized carbons (Fsp3) is 0.200. The first-order valence-corrected chi connectivity index (χ1v) is 3.01. The van der Waals surface area contributed by atoms with Crippen LogP contribution < -0.4 is 17.3 Å². The Hall–Kier alpha value is -1.72. The third kappa shape index (κ3) is 1.23. The monoisotopic (exact) mass is 154 g/mol. The van der Waals surface area contributed by atoms with Gasteiger partial charge in [-0.2, -0.15) is 9.78 Å². The van der Waals surface area contributed by atoms with E-state index in [-0.39, 0.29) is 5.96 Å². The van der Waals surface area contributed by atoms with Crippen LogP contribution in [0.5, 0.6) is 0 Å². The number of anilines is 1.